The van der Waals surface area contributed by atoms with E-state index < -0.39 is 13.3 Å². The number of benzene rings is 4. The molecule has 1 aromatic heterocycles. The van der Waals surface area contributed by atoms with E-state index in [9.17, 15) is 0 Å². The Balaban J connectivity index is 1.81. The molecule has 0 unspecified atom stereocenters. The number of hydrogen-bond acceptors (Lipinski definition) is 1. The van der Waals surface area contributed by atoms with Crippen LogP contribution in [0.1, 0.15) is 30.5 Å². The Hall–Kier alpha value is -2.85. The van der Waals surface area contributed by atoms with Crippen LogP contribution >= 0.6 is 0 Å². The van der Waals surface area contributed by atoms with Crippen LogP contribution in [0, 0.1) is 19.8 Å². The van der Waals surface area contributed by atoms with Crippen molar-refractivity contribution in [2.24, 2.45) is 13.0 Å². The van der Waals surface area contributed by atoms with E-state index in [2.05, 4.69) is 111 Å². The maximum absolute atomic E-state index is 7.04. The van der Waals surface area contributed by atoms with Crippen molar-refractivity contribution in [2.45, 2.75) is 51.4 Å². The summed E-state index contributed by atoms with van der Waals surface area (Å²) in [5, 5.41) is 7.92. The molecule has 2 heterocycles. The fourth-order valence-corrected chi connectivity index (χ4v) is 9.63. The summed E-state index contributed by atoms with van der Waals surface area (Å²) in [6, 6.07) is 18.4. The summed E-state index contributed by atoms with van der Waals surface area (Å²) in [4.78, 5) is 0. The van der Waals surface area contributed by atoms with Crippen molar-refractivity contribution in [1.82, 2.24) is 0 Å². The summed E-state index contributed by atoms with van der Waals surface area (Å²) in [5.41, 5.74) is 6.48. The topological polar surface area (TPSA) is 13.1 Å². The normalized spacial score (nSPS) is 13.0. The number of fused-ring (bicyclic) bond motifs is 5. The molecule has 0 bridgehead atoms. The molecule has 3 heteroatoms. The number of ether oxygens (including phenoxy) is 1. The van der Waals surface area contributed by atoms with Crippen LogP contribution < -0.4 is 13.7 Å². The van der Waals surface area contributed by atoms with Gasteiger partial charge >= 0.3 is 218 Å². The van der Waals surface area contributed by atoms with Crippen LogP contribution in [0.4, 0.5) is 0 Å². The summed E-state index contributed by atoms with van der Waals surface area (Å²) < 4.78 is 10.9. The maximum atomic E-state index is 7.04. The zero-order valence-corrected chi connectivity index (χ0v) is 24.9. The molecule has 0 amide bonds. The zero-order chi connectivity index (χ0) is 25.5. The summed E-state index contributed by atoms with van der Waals surface area (Å²) in [6.45, 7) is 9.08. The first kappa shape index (κ1) is 23.5. The summed E-state index contributed by atoms with van der Waals surface area (Å²) in [7, 11) is 2.18. The van der Waals surface area contributed by atoms with Gasteiger partial charge in [0, 0.05) is 0 Å². The monoisotopic (exact) mass is 536 g/mol. The van der Waals surface area contributed by atoms with Crippen LogP contribution in [-0.4, -0.2) is 13.3 Å². The van der Waals surface area contributed by atoms with Crippen LogP contribution in [0.5, 0.6) is 11.5 Å². The molecule has 0 radical (unpaired) electrons. The van der Waals surface area contributed by atoms with Crippen LogP contribution in [-0.2, 0) is 13.5 Å². The van der Waals surface area contributed by atoms with E-state index in [1.165, 1.54) is 60.3 Å². The molecule has 6 rings (SSSR count). The molecule has 0 saturated carbocycles. The van der Waals surface area contributed by atoms with Gasteiger partial charge in [0.05, 0.1) is 0 Å². The molecule has 0 atom stereocenters. The van der Waals surface area contributed by atoms with Gasteiger partial charge in [0.25, 0.3) is 0 Å². The molecule has 0 saturated heterocycles. The zero-order valence-electron chi connectivity index (χ0n) is 22.8. The van der Waals surface area contributed by atoms with Gasteiger partial charge in [-0.1, -0.05) is 0 Å². The van der Waals surface area contributed by atoms with E-state index in [1.54, 1.807) is 4.40 Å². The number of hydrogen-bond donors (Lipinski definition) is 0. The van der Waals surface area contributed by atoms with Crippen molar-refractivity contribution in [1.29, 1.82) is 0 Å². The minimum absolute atomic E-state index is 0.535. The van der Waals surface area contributed by atoms with E-state index in [0.29, 0.717) is 5.92 Å². The van der Waals surface area contributed by atoms with Crippen LogP contribution in [0.15, 0.2) is 54.7 Å². The van der Waals surface area contributed by atoms with Crippen molar-refractivity contribution >= 4 is 50.0 Å². The second-order valence-electron chi connectivity index (χ2n) is 12.1. The van der Waals surface area contributed by atoms with E-state index >= 15 is 0 Å². The average molecular weight is 535 g/mol. The van der Waals surface area contributed by atoms with E-state index in [1.807, 2.05) is 0 Å². The number of pyridine rings is 1. The average Bonchev–Trinajstić information content (AvgIpc) is 2.81. The van der Waals surface area contributed by atoms with Crippen LogP contribution in [0.25, 0.3) is 43.6 Å². The molecule has 0 spiro atoms. The SMILES string of the molecule is Cc1ccc2c(CC(C)C)c3c(c(C)c2c1)-c1c2c(cc4[c]([Ge]([CH3])([CH3])[CH3])cccc4c2cc[n+]1C)O3. The molecule has 0 aliphatic carbocycles. The first-order valence-electron chi connectivity index (χ1n) is 13.2. The van der Waals surface area contributed by atoms with Crippen LogP contribution in [0.2, 0.25) is 17.3 Å². The fraction of sp³-hybridized carbons (Fsp3) is 0.303. The Labute approximate surface area is 217 Å². The molecular weight excluding hydrogens is 499 g/mol. The summed E-state index contributed by atoms with van der Waals surface area (Å²) >= 11 is -2.10. The summed E-state index contributed by atoms with van der Waals surface area (Å²) in [6.07, 6.45) is 3.23. The van der Waals surface area contributed by atoms with Gasteiger partial charge < -0.3 is 0 Å². The molecule has 5 aromatic rings. The molecule has 0 fully saturated rings. The quantitative estimate of drug-likeness (QED) is 0.127. The number of rotatable bonds is 3. The van der Waals surface area contributed by atoms with Crippen molar-refractivity contribution in [3.8, 4) is 22.8 Å². The molecule has 0 N–H and O–H groups in total. The van der Waals surface area contributed by atoms with Gasteiger partial charge in [-0.3, -0.25) is 0 Å². The van der Waals surface area contributed by atoms with E-state index in [0.717, 1.165) is 17.9 Å². The van der Waals surface area contributed by atoms with Gasteiger partial charge in [0.2, 0.25) is 0 Å². The third-order valence-electron chi connectivity index (χ3n) is 7.89. The van der Waals surface area contributed by atoms with Gasteiger partial charge in [-0.15, -0.1) is 0 Å². The molecule has 1 aliphatic heterocycles. The first-order valence-corrected chi connectivity index (χ1v) is 20.5. The third kappa shape index (κ3) is 3.41. The second-order valence-corrected chi connectivity index (χ2v) is 22.7. The van der Waals surface area contributed by atoms with Crippen molar-refractivity contribution in [3.63, 3.8) is 0 Å². The number of aromatic nitrogens is 1. The molecule has 4 aromatic carbocycles. The van der Waals surface area contributed by atoms with Crippen molar-refractivity contribution < 1.29 is 9.30 Å². The number of aryl methyl sites for hydroxylation is 3. The van der Waals surface area contributed by atoms with Crippen molar-refractivity contribution in [3.05, 3.63) is 71.4 Å². The molecule has 182 valence electrons. The Morgan fingerprint density at radius 2 is 1.64 bits per heavy atom. The minimum atomic E-state index is -2.10. The van der Waals surface area contributed by atoms with Gasteiger partial charge in [-0.25, -0.2) is 0 Å². The van der Waals surface area contributed by atoms with Gasteiger partial charge in [-0.2, -0.15) is 0 Å². The van der Waals surface area contributed by atoms with E-state index in [4.69, 9.17) is 4.74 Å². The first-order chi connectivity index (χ1) is 17.1. The Morgan fingerprint density at radius 3 is 2.36 bits per heavy atom. The van der Waals surface area contributed by atoms with Gasteiger partial charge in [0.15, 0.2) is 0 Å². The Morgan fingerprint density at radius 1 is 0.861 bits per heavy atom. The predicted octanol–water partition coefficient (Wildman–Crippen LogP) is 8.10. The predicted molar refractivity (Wildman–Crippen MR) is 157 cm³/mol. The van der Waals surface area contributed by atoms with Gasteiger partial charge in [0.1, 0.15) is 0 Å². The van der Waals surface area contributed by atoms with Crippen LogP contribution in [0.3, 0.4) is 0 Å². The molecule has 36 heavy (non-hydrogen) atoms. The van der Waals surface area contributed by atoms with Crippen molar-refractivity contribution in [2.75, 3.05) is 0 Å². The second kappa shape index (κ2) is 8.08. The molecular formula is C33H36GeNO+. The van der Waals surface area contributed by atoms with E-state index in [-0.39, 0.29) is 0 Å². The van der Waals surface area contributed by atoms with Gasteiger partial charge in [-0.05, 0) is 0 Å². The summed E-state index contributed by atoms with van der Waals surface area (Å²) in [5.74, 6) is 10.0. The fourth-order valence-electron chi connectivity index (χ4n) is 6.24. The standard InChI is InChI=1S/C33H36GeNO/c1-19(2)16-27-23-13-12-20(3)17-25(23)21(4)30-32-31-24(14-15-35(32)8)22-10-9-11-28(34(5,6)7)26(22)18-29(31)36-33(27)30/h9-15,17-19H,16H2,1-8H3/q+1. The number of nitrogens with zero attached hydrogens (tertiary/aromatic N) is 1. The molecule has 1 aliphatic rings. The molecule has 2 nitrogen and oxygen atoms in total. The third-order valence-corrected chi connectivity index (χ3v) is 12.2. The Kier molecular flexibility index (Phi) is 5.28. The Bertz CT molecular complexity index is 1720.